The summed E-state index contributed by atoms with van der Waals surface area (Å²) in [6.45, 7) is 6.37. The lowest BCUT2D eigenvalue weighted by molar-refractivity contribution is -0.123. The van der Waals surface area contributed by atoms with Gasteiger partial charge in [0.25, 0.3) is 0 Å². The van der Waals surface area contributed by atoms with E-state index < -0.39 is 0 Å². The lowest BCUT2D eigenvalue weighted by atomic mass is 9.93. The van der Waals surface area contributed by atoms with Gasteiger partial charge in [-0.1, -0.05) is 12.1 Å². The molecule has 1 rings (SSSR count). The first-order valence-corrected chi connectivity index (χ1v) is 6.64. The number of amides is 1. The van der Waals surface area contributed by atoms with Crippen LogP contribution in [0, 0.1) is 6.92 Å². The molecule has 4 heteroatoms. The third kappa shape index (κ3) is 4.24. The molecule has 0 aliphatic carbocycles. The third-order valence-electron chi connectivity index (χ3n) is 3.02. The minimum atomic E-state index is -0.197. The van der Waals surface area contributed by atoms with Crippen LogP contribution >= 0.6 is 0 Å². The summed E-state index contributed by atoms with van der Waals surface area (Å²) >= 11 is 0. The molecular weight excluding hydrogens is 240 g/mol. The molecule has 0 saturated carbocycles. The van der Waals surface area contributed by atoms with Gasteiger partial charge in [-0.3, -0.25) is 4.79 Å². The normalized spacial score (nSPS) is 12.3. The van der Waals surface area contributed by atoms with Crippen LogP contribution in [0.2, 0.25) is 0 Å². The zero-order valence-corrected chi connectivity index (χ0v) is 12.2. The van der Waals surface area contributed by atoms with E-state index in [4.69, 9.17) is 10.5 Å². The van der Waals surface area contributed by atoms with E-state index in [2.05, 4.69) is 5.32 Å². The third-order valence-corrected chi connectivity index (χ3v) is 3.02. The van der Waals surface area contributed by atoms with Crippen LogP contribution in [0.3, 0.4) is 0 Å². The maximum Gasteiger partial charge on any atom is 0.227 e. The van der Waals surface area contributed by atoms with Crippen LogP contribution in [0.4, 0.5) is 0 Å². The van der Waals surface area contributed by atoms with Gasteiger partial charge >= 0.3 is 0 Å². The molecule has 0 fully saturated rings. The van der Waals surface area contributed by atoms with Crippen LogP contribution in [-0.4, -0.2) is 25.6 Å². The Morgan fingerprint density at radius 2 is 2.11 bits per heavy atom. The van der Waals surface area contributed by atoms with Gasteiger partial charge in [-0.25, -0.2) is 0 Å². The monoisotopic (exact) mass is 264 g/mol. The molecule has 0 saturated heterocycles. The number of hydrogen-bond acceptors (Lipinski definition) is 3. The minimum Gasteiger partial charge on any atom is -0.496 e. The van der Waals surface area contributed by atoms with Crippen molar-refractivity contribution in [3.8, 4) is 5.75 Å². The van der Waals surface area contributed by atoms with Crippen LogP contribution in [0.1, 0.15) is 37.3 Å². The van der Waals surface area contributed by atoms with Crippen molar-refractivity contribution in [3.63, 3.8) is 0 Å². The second kappa shape index (κ2) is 7.14. The van der Waals surface area contributed by atoms with Crippen molar-refractivity contribution in [2.24, 2.45) is 5.73 Å². The summed E-state index contributed by atoms with van der Waals surface area (Å²) in [6.07, 6.45) is 0.643. The fraction of sp³-hybridized carbons (Fsp3) is 0.533. The molecule has 4 nitrogen and oxygen atoms in total. The summed E-state index contributed by atoms with van der Waals surface area (Å²) in [4.78, 5) is 12.2. The van der Waals surface area contributed by atoms with Crippen molar-refractivity contribution in [2.75, 3.05) is 13.7 Å². The zero-order valence-electron chi connectivity index (χ0n) is 12.2. The first-order chi connectivity index (χ1) is 8.99. The van der Waals surface area contributed by atoms with Gasteiger partial charge in [0.15, 0.2) is 0 Å². The summed E-state index contributed by atoms with van der Waals surface area (Å²) < 4.78 is 5.24. The maximum atomic E-state index is 12.2. The molecule has 3 N–H and O–H groups in total. The fourth-order valence-corrected chi connectivity index (χ4v) is 2.12. The molecule has 1 atom stereocenters. The van der Waals surface area contributed by atoms with Crippen molar-refractivity contribution < 1.29 is 9.53 Å². The molecule has 0 spiro atoms. The smallest absolute Gasteiger partial charge is 0.227 e. The Kier molecular flexibility index (Phi) is 5.83. The van der Waals surface area contributed by atoms with E-state index in [1.807, 2.05) is 39.0 Å². The standard InChI is InChI=1S/C15H24N2O2/c1-10(2)17-15(18)13(7-8-16)12-5-6-14(19-4)11(3)9-12/h5-6,9-10,13H,7-8,16H2,1-4H3,(H,17,18). The number of methoxy groups -OCH3 is 1. The van der Waals surface area contributed by atoms with Crippen molar-refractivity contribution in [3.05, 3.63) is 29.3 Å². The van der Waals surface area contributed by atoms with Crippen molar-refractivity contribution in [1.29, 1.82) is 0 Å². The number of aryl methyl sites for hydroxylation is 1. The largest absolute Gasteiger partial charge is 0.496 e. The Labute approximate surface area is 115 Å². The molecule has 0 aliphatic heterocycles. The molecule has 1 aromatic carbocycles. The summed E-state index contributed by atoms with van der Waals surface area (Å²) in [5.74, 6) is 0.668. The molecular formula is C15H24N2O2. The van der Waals surface area contributed by atoms with Crippen molar-refractivity contribution in [1.82, 2.24) is 5.32 Å². The van der Waals surface area contributed by atoms with Crippen LogP contribution < -0.4 is 15.8 Å². The van der Waals surface area contributed by atoms with Gasteiger partial charge in [0.05, 0.1) is 13.0 Å². The number of carbonyl (C=O) groups excluding carboxylic acids is 1. The Bertz CT molecular complexity index is 430. The van der Waals surface area contributed by atoms with E-state index in [1.54, 1.807) is 7.11 Å². The van der Waals surface area contributed by atoms with E-state index >= 15 is 0 Å². The number of ether oxygens (including phenoxy) is 1. The highest BCUT2D eigenvalue weighted by atomic mass is 16.5. The molecule has 0 bridgehead atoms. The Morgan fingerprint density at radius 3 is 2.58 bits per heavy atom. The average molecular weight is 264 g/mol. The number of nitrogens with two attached hydrogens (primary N) is 1. The highest BCUT2D eigenvalue weighted by Gasteiger charge is 2.21. The number of nitrogens with one attached hydrogen (secondary N) is 1. The van der Waals surface area contributed by atoms with Gasteiger partial charge in [0.1, 0.15) is 5.75 Å². The molecule has 0 aromatic heterocycles. The molecule has 19 heavy (non-hydrogen) atoms. The van der Waals surface area contributed by atoms with E-state index in [-0.39, 0.29) is 17.9 Å². The fourth-order valence-electron chi connectivity index (χ4n) is 2.12. The number of benzene rings is 1. The summed E-state index contributed by atoms with van der Waals surface area (Å²) in [5, 5.41) is 2.95. The van der Waals surface area contributed by atoms with Gasteiger partial charge in [0.2, 0.25) is 5.91 Å². The summed E-state index contributed by atoms with van der Waals surface area (Å²) in [7, 11) is 1.64. The summed E-state index contributed by atoms with van der Waals surface area (Å²) in [6, 6.07) is 5.97. The molecule has 106 valence electrons. The molecule has 1 unspecified atom stereocenters. The van der Waals surface area contributed by atoms with E-state index in [0.29, 0.717) is 13.0 Å². The molecule has 1 amide bonds. The van der Waals surface area contributed by atoms with Crippen molar-refractivity contribution in [2.45, 2.75) is 39.2 Å². The highest BCUT2D eigenvalue weighted by molar-refractivity contribution is 5.84. The minimum absolute atomic E-state index is 0.0324. The zero-order chi connectivity index (χ0) is 14.4. The van der Waals surface area contributed by atoms with Gasteiger partial charge in [0, 0.05) is 6.04 Å². The van der Waals surface area contributed by atoms with E-state index in [9.17, 15) is 4.79 Å². The number of carbonyl (C=O) groups is 1. The lowest BCUT2D eigenvalue weighted by Gasteiger charge is -2.19. The topological polar surface area (TPSA) is 64.3 Å². The molecule has 0 radical (unpaired) electrons. The second-order valence-electron chi connectivity index (χ2n) is 5.02. The number of rotatable bonds is 6. The van der Waals surface area contributed by atoms with Gasteiger partial charge in [-0.2, -0.15) is 0 Å². The lowest BCUT2D eigenvalue weighted by Crippen LogP contribution is -2.35. The molecule has 1 aromatic rings. The Morgan fingerprint density at radius 1 is 1.42 bits per heavy atom. The number of hydrogen-bond donors (Lipinski definition) is 2. The first-order valence-electron chi connectivity index (χ1n) is 6.64. The van der Waals surface area contributed by atoms with Crippen LogP contribution in [0.25, 0.3) is 0 Å². The molecule has 0 heterocycles. The van der Waals surface area contributed by atoms with Crippen LogP contribution in [0.5, 0.6) is 5.75 Å². The summed E-state index contributed by atoms with van der Waals surface area (Å²) in [5.41, 5.74) is 7.64. The quantitative estimate of drug-likeness (QED) is 0.825. The second-order valence-corrected chi connectivity index (χ2v) is 5.02. The first kappa shape index (κ1) is 15.5. The van der Waals surface area contributed by atoms with Crippen LogP contribution in [0.15, 0.2) is 18.2 Å². The van der Waals surface area contributed by atoms with Crippen LogP contribution in [-0.2, 0) is 4.79 Å². The van der Waals surface area contributed by atoms with E-state index in [1.165, 1.54) is 0 Å². The predicted molar refractivity (Wildman–Crippen MR) is 77.4 cm³/mol. The van der Waals surface area contributed by atoms with Gasteiger partial charge in [-0.15, -0.1) is 0 Å². The van der Waals surface area contributed by atoms with Gasteiger partial charge < -0.3 is 15.8 Å². The molecule has 0 aliphatic rings. The van der Waals surface area contributed by atoms with Gasteiger partial charge in [-0.05, 0) is 50.9 Å². The average Bonchev–Trinajstić information content (AvgIpc) is 2.34. The highest BCUT2D eigenvalue weighted by Crippen LogP contribution is 2.25. The Hall–Kier alpha value is -1.55. The predicted octanol–water partition coefficient (Wildman–Crippen LogP) is 1.96. The maximum absolute atomic E-state index is 12.2. The SMILES string of the molecule is COc1ccc(C(CCN)C(=O)NC(C)C)cc1C. The Balaban J connectivity index is 2.98. The van der Waals surface area contributed by atoms with Crippen molar-refractivity contribution >= 4 is 5.91 Å². The van der Waals surface area contributed by atoms with E-state index in [0.717, 1.165) is 16.9 Å².